The van der Waals surface area contributed by atoms with Crippen LogP contribution in [0.3, 0.4) is 0 Å². The second-order valence-electron chi connectivity index (χ2n) is 9.28. The van der Waals surface area contributed by atoms with Gasteiger partial charge in [0.15, 0.2) is 0 Å². The normalized spacial score (nSPS) is 12.6. The lowest BCUT2D eigenvalue weighted by atomic mass is 10.1. The van der Waals surface area contributed by atoms with Gasteiger partial charge in [-0.15, -0.1) is 0 Å². The summed E-state index contributed by atoms with van der Waals surface area (Å²) in [7, 11) is 0. The van der Waals surface area contributed by atoms with E-state index >= 15 is 0 Å². The van der Waals surface area contributed by atoms with Crippen LogP contribution in [0.1, 0.15) is 103 Å². The van der Waals surface area contributed by atoms with Gasteiger partial charge in [-0.05, 0) is 77.0 Å². The van der Waals surface area contributed by atoms with Gasteiger partial charge in [-0.3, -0.25) is 0 Å². The zero-order valence-corrected chi connectivity index (χ0v) is 21.6. The first-order valence-corrected chi connectivity index (χ1v) is 13.6. The van der Waals surface area contributed by atoms with E-state index in [1.165, 1.54) is 94.0 Å². The van der Waals surface area contributed by atoms with Crippen molar-refractivity contribution in [1.29, 1.82) is 0 Å². The molecule has 0 amide bonds. The van der Waals surface area contributed by atoms with Crippen molar-refractivity contribution in [2.75, 3.05) is 19.6 Å². The minimum Gasteiger partial charge on any atom is -0.320 e. The summed E-state index contributed by atoms with van der Waals surface area (Å²) >= 11 is 0. The summed E-state index contributed by atoms with van der Waals surface area (Å²) in [5.74, 6) is 0. The maximum atomic E-state index is 2.38. The highest BCUT2D eigenvalue weighted by atomic mass is 15.3. The van der Waals surface area contributed by atoms with Crippen molar-refractivity contribution >= 4 is 0 Å². The van der Waals surface area contributed by atoms with Crippen LogP contribution in [0.5, 0.6) is 0 Å². The predicted molar refractivity (Wildman–Crippen MR) is 145 cm³/mol. The van der Waals surface area contributed by atoms with Crippen LogP contribution in [-0.4, -0.2) is 24.1 Å². The molecule has 0 aliphatic carbocycles. The molecule has 0 unspecified atom stereocenters. The first-order valence-electron chi connectivity index (χ1n) is 13.6. The molecule has 0 atom stereocenters. The highest BCUT2D eigenvalue weighted by Crippen LogP contribution is 2.21. The highest BCUT2D eigenvalue weighted by molar-refractivity contribution is 5.13. The topological polar surface area (TPSA) is 0 Å². The number of nitrogens with zero attached hydrogens (tertiary/aromatic N) is 1. The van der Waals surface area contributed by atoms with E-state index in [1.54, 1.807) is 0 Å². The number of quaternary nitrogens is 1. The first kappa shape index (κ1) is 28.4. The van der Waals surface area contributed by atoms with Crippen LogP contribution in [-0.2, 0) is 6.54 Å². The third kappa shape index (κ3) is 14.5. The van der Waals surface area contributed by atoms with Crippen molar-refractivity contribution in [3.05, 3.63) is 72.4 Å². The zero-order chi connectivity index (χ0) is 23.2. The molecule has 0 saturated carbocycles. The molecular formula is C31H52N+. The molecule has 1 rings (SSSR count). The summed E-state index contributed by atoms with van der Waals surface area (Å²) in [6.45, 7) is 11.8. The van der Waals surface area contributed by atoms with E-state index < -0.39 is 0 Å². The molecule has 1 heteroatoms. The molecule has 0 heterocycles. The molecule has 1 aromatic carbocycles. The van der Waals surface area contributed by atoms with Crippen molar-refractivity contribution in [3.63, 3.8) is 0 Å². The van der Waals surface area contributed by atoms with Crippen LogP contribution in [0, 0.1) is 0 Å². The lowest BCUT2D eigenvalue weighted by molar-refractivity contribution is -0.941. The van der Waals surface area contributed by atoms with E-state index in [4.69, 9.17) is 0 Å². The lowest BCUT2D eigenvalue weighted by Crippen LogP contribution is -2.49. The molecule has 32 heavy (non-hydrogen) atoms. The standard InChI is InChI=1S/C31H52N/c1-4-7-10-13-16-22-27-32(28-23-17-14-11-8-5-2,29-24-18-15-12-9-6-3)30-31-25-20-19-21-26-31/h7-12,19-21,25-26H,4-6,13-18,22-24,27-30H2,1-3H3/q+1/b10-7+,11-8+,12-9+. The Labute approximate surface area is 200 Å². The Bertz CT molecular complexity index is 556. The summed E-state index contributed by atoms with van der Waals surface area (Å²) in [6.07, 6.45) is 29.3. The van der Waals surface area contributed by atoms with Crippen molar-refractivity contribution in [1.82, 2.24) is 0 Å². The first-order chi connectivity index (χ1) is 15.8. The van der Waals surface area contributed by atoms with Crippen molar-refractivity contribution in [2.45, 2.75) is 104 Å². The molecule has 1 nitrogen and oxygen atoms in total. The van der Waals surface area contributed by atoms with E-state index in [-0.39, 0.29) is 0 Å². The number of hydrogen-bond acceptors (Lipinski definition) is 0. The van der Waals surface area contributed by atoms with Gasteiger partial charge in [-0.2, -0.15) is 0 Å². The molecule has 0 aliphatic heterocycles. The van der Waals surface area contributed by atoms with Gasteiger partial charge in [0, 0.05) is 5.56 Å². The predicted octanol–water partition coefficient (Wildman–Crippen LogP) is 9.41. The minimum atomic E-state index is 1.16. The summed E-state index contributed by atoms with van der Waals surface area (Å²) in [5, 5.41) is 0. The Hall–Kier alpha value is -1.60. The molecule has 180 valence electrons. The second kappa shape index (κ2) is 20.0. The van der Waals surface area contributed by atoms with E-state index in [1.807, 2.05) is 0 Å². The molecular weight excluding hydrogens is 386 g/mol. The van der Waals surface area contributed by atoms with Crippen molar-refractivity contribution in [2.24, 2.45) is 0 Å². The van der Waals surface area contributed by atoms with Crippen LogP contribution >= 0.6 is 0 Å². The zero-order valence-electron chi connectivity index (χ0n) is 21.6. The second-order valence-corrected chi connectivity index (χ2v) is 9.28. The molecule has 0 aliphatic rings. The Morgan fingerprint density at radius 1 is 0.531 bits per heavy atom. The number of rotatable bonds is 20. The van der Waals surface area contributed by atoms with Crippen molar-refractivity contribution < 1.29 is 4.48 Å². The summed E-state index contributed by atoms with van der Waals surface area (Å²) in [4.78, 5) is 0. The van der Waals surface area contributed by atoms with E-state index in [0.717, 1.165) is 19.3 Å². The van der Waals surface area contributed by atoms with Gasteiger partial charge >= 0.3 is 0 Å². The van der Waals surface area contributed by atoms with E-state index in [0.29, 0.717) is 0 Å². The van der Waals surface area contributed by atoms with Gasteiger partial charge < -0.3 is 4.48 Å². The number of unbranched alkanes of at least 4 members (excludes halogenated alkanes) is 6. The van der Waals surface area contributed by atoms with Crippen LogP contribution in [0.25, 0.3) is 0 Å². The van der Waals surface area contributed by atoms with Gasteiger partial charge in [-0.1, -0.05) is 87.6 Å². The molecule has 0 aromatic heterocycles. The fraction of sp³-hybridized carbons (Fsp3) is 0.613. The maximum Gasteiger partial charge on any atom is 0.104 e. The SMILES string of the molecule is CC/C=C/CCCC[N+](CCCC/C=C/CC)(CCCC/C=C/CC)Cc1ccccc1. The number of allylic oxidation sites excluding steroid dienone is 6. The van der Waals surface area contributed by atoms with Crippen LogP contribution in [0.15, 0.2) is 66.8 Å². The quantitative estimate of drug-likeness (QED) is 0.108. The van der Waals surface area contributed by atoms with Crippen LogP contribution in [0.4, 0.5) is 0 Å². The summed E-state index contributed by atoms with van der Waals surface area (Å²) < 4.78 is 1.27. The third-order valence-corrected chi connectivity index (χ3v) is 6.33. The Kier molecular flexibility index (Phi) is 17.8. The average molecular weight is 439 g/mol. The van der Waals surface area contributed by atoms with Gasteiger partial charge in [0.1, 0.15) is 6.54 Å². The highest BCUT2D eigenvalue weighted by Gasteiger charge is 2.26. The average Bonchev–Trinajstić information content (AvgIpc) is 2.81. The molecule has 0 spiro atoms. The Morgan fingerprint density at radius 2 is 0.938 bits per heavy atom. The van der Waals surface area contributed by atoms with Crippen LogP contribution in [0.2, 0.25) is 0 Å². The van der Waals surface area contributed by atoms with Gasteiger partial charge in [0.05, 0.1) is 19.6 Å². The minimum absolute atomic E-state index is 1.16. The molecule has 1 aromatic rings. The van der Waals surface area contributed by atoms with Gasteiger partial charge in [0.2, 0.25) is 0 Å². The molecule has 0 N–H and O–H groups in total. The number of benzene rings is 1. The molecule has 0 bridgehead atoms. The summed E-state index contributed by atoms with van der Waals surface area (Å²) in [5.41, 5.74) is 1.51. The van der Waals surface area contributed by atoms with Gasteiger partial charge in [0.25, 0.3) is 0 Å². The fourth-order valence-electron chi connectivity index (χ4n) is 4.53. The van der Waals surface area contributed by atoms with Crippen molar-refractivity contribution in [3.8, 4) is 0 Å². The van der Waals surface area contributed by atoms with E-state index in [2.05, 4.69) is 87.6 Å². The monoisotopic (exact) mass is 438 g/mol. The molecule has 0 fully saturated rings. The fourth-order valence-corrected chi connectivity index (χ4v) is 4.53. The largest absolute Gasteiger partial charge is 0.320 e. The van der Waals surface area contributed by atoms with Gasteiger partial charge in [-0.25, -0.2) is 0 Å². The lowest BCUT2D eigenvalue weighted by Gasteiger charge is -2.39. The van der Waals surface area contributed by atoms with E-state index in [9.17, 15) is 0 Å². The van der Waals surface area contributed by atoms with Crippen LogP contribution < -0.4 is 0 Å². The smallest absolute Gasteiger partial charge is 0.104 e. The third-order valence-electron chi connectivity index (χ3n) is 6.33. The molecule has 0 radical (unpaired) electrons. The maximum absolute atomic E-state index is 2.38. The Morgan fingerprint density at radius 3 is 1.31 bits per heavy atom. The number of hydrogen-bond donors (Lipinski definition) is 0. The Balaban J connectivity index is 2.79. The molecule has 0 saturated heterocycles. The summed E-state index contributed by atoms with van der Waals surface area (Å²) in [6, 6.07) is 11.3.